The quantitative estimate of drug-likeness (QED) is 0.655. The van der Waals surface area contributed by atoms with Crippen LogP contribution in [0.1, 0.15) is 5.82 Å². The van der Waals surface area contributed by atoms with Crippen molar-refractivity contribution in [3.05, 3.63) is 38.4 Å². The van der Waals surface area contributed by atoms with E-state index in [1.165, 1.54) is 0 Å². The van der Waals surface area contributed by atoms with Gasteiger partial charge in [0.05, 0.1) is 15.9 Å². The van der Waals surface area contributed by atoms with Crippen LogP contribution in [0, 0.1) is 15.9 Å². The van der Waals surface area contributed by atoms with Crippen LogP contribution in [0.4, 0.5) is 15.8 Å². The monoisotopic (exact) mass is 316 g/mol. The highest BCUT2D eigenvalue weighted by atomic mass is 79.9. The van der Waals surface area contributed by atoms with Crippen molar-refractivity contribution in [2.75, 3.05) is 5.32 Å². The molecule has 0 aliphatic heterocycles. The number of nitro benzene ring substituents is 1. The molecule has 0 atom stereocenters. The molecule has 1 heterocycles. The van der Waals surface area contributed by atoms with Crippen LogP contribution < -0.4 is 5.32 Å². The molecule has 0 fully saturated rings. The molecule has 0 saturated heterocycles. The number of nitrogens with one attached hydrogen (secondary N) is 2. The Morgan fingerprint density at radius 3 is 2.94 bits per heavy atom. The normalized spacial score (nSPS) is 10.3. The molecule has 0 bridgehead atoms. The van der Waals surface area contributed by atoms with Crippen molar-refractivity contribution in [1.82, 2.24) is 20.6 Å². The minimum absolute atomic E-state index is 0.0271. The first kappa shape index (κ1) is 12.4. The van der Waals surface area contributed by atoms with Gasteiger partial charge in [0.15, 0.2) is 5.82 Å². The SMILES string of the molecule is O=[N+]([O-])c1cc(Br)c(F)cc1NCc1nn[nH]n1. The number of nitro groups is 1. The highest BCUT2D eigenvalue weighted by Gasteiger charge is 2.17. The number of benzene rings is 1. The number of hydrogen-bond acceptors (Lipinski definition) is 6. The van der Waals surface area contributed by atoms with Crippen LogP contribution >= 0.6 is 15.9 Å². The lowest BCUT2D eigenvalue weighted by Crippen LogP contribution is -2.05. The fourth-order valence-corrected chi connectivity index (χ4v) is 1.59. The van der Waals surface area contributed by atoms with Gasteiger partial charge in [-0.25, -0.2) is 4.39 Å². The van der Waals surface area contributed by atoms with Crippen LogP contribution in [0.3, 0.4) is 0 Å². The summed E-state index contributed by atoms with van der Waals surface area (Å²) in [5.74, 6) is -0.288. The van der Waals surface area contributed by atoms with E-state index in [-0.39, 0.29) is 22.4 Å². The van der Waals surface area contributed by atoms with E-state index in [2.05, 4.69) is 41.9 Å². The van der Waals surface area contributed by atoms with E-state index >= 15 is 0 Å². The summed E-state index contributed by atoms with van der Waals surface area (Å²) in [4.78, 5) is 10.2. The van der Waals surface area contributed by atoms with E-state index in [4.69, 9.17) is 0 Å². The molecule has 2 aromatic rings. The van der Waals surface area contributed by atoms with Gasteiger partial charge in [0.1, 0.15) is 11.5 Å². The molecule has 1 aromatic heterocycles. The summed E-state index contributed by atoms with van der Waals surface area (Å²) < 4.78 is 13.4. The van der Waals surface area contributed by atoms with Crippen LogP contribution in [0.2, 0.25) is 0 Å². The number of aromatic nitrogens is 4. The molecule has 18 heavy (non-hydrogen) atoms. The number of rotatable bonds is 4. The molecule has 0 aliphatic rings. The van der Waals surface area contributed by atoms with Gasteiger partial charge < -0.3 is 5.32 Å². The summed E-state index contributed by atoms with van der Waals surface area (Å²) >= 11 is 2.89. The van der Waals surface area contributed by atoms with Crippen molar-refractivity contribution >= 4 is 27.3 Å². The summed E-state index contributed by atoms with van der Waals surface area (Å²) in [5, 5.41) is 26.4. The topological polar surface area (TPSA) is 110 Å². The first-order valence-corrected chi connectivity index (χ1v) is 5.47. The number of tetrazole rings is 1. The van der Waals surface area contributed by atoms with Gasteiger partial charge in [0, 0.05) is 12.1 Å². The van der Waals surface area contributed by atoms with E-state index in [1.807, 2.05) is 0 Å². The molecular formula is C8H6BrFN6O2. The number of H-pyrrole nitrogens is 1. The molecule has 0 radical (unpaired) electrons. The zero-order chi connectivity index (χ0) is 13.1. The number of aromatic amines is 1. The average Bonchev–Trinajstić information content (AvgIpc) is 2.83. The van der Waals surface area contributed by atoms with Crippen LogP contribution in [0.5, 0.6) is 0 Å². The van der Waals surface area contributed by atoms with Crippen molar-refractivity contribution in [2.24, 2.45) is 0 Å². The van der Waals surface area contributed by atoms with Crippen molar-refractivity contribution in [3.63, 3.8) is 0 Å². The minimum atomic E-state index is -0.608. The Kier molecular flexibility index (Phi) is 3.46. The van der Waals surface area contributed by atoms with Crippen LogP contribution in [-0.4, -0.2) is 25.5 Å². The van der Waals surface area contributed by atoms with E-state index in [0.29, 0.717) is 5.82 Å². The van der Waals surface area contributed by atoms with Crippen molar-refractivity contribution in [2.45, 2.75) is 6.54 Å². The molecule has 0 amide bonds. The molecule has 0 unspecified atom stereocenters. The molecule has 94 valence electrons. The zero-order valence-electron chi connectivity index (χ0n) is 8.72. The van der Waals surface area contributed by atoms with Gasteiger partial charge >= 0.3 is 0 Å². The Hall–Kier alpha value is -2.10. The minimum Gasteiger partial charge on any atom is -0.372 e. The van der Waals surface area contributed by atoms with E-state index < -0.39 is 10.7 Å². The number of anilines is 1. The highest BCUT2D eigenvalue weighted by Crippen LogP contribution is 2.30. The third-order valence-corrected chi connectivity index (χ3v) is 2.67. The fourth-order valence-electron chi connectivity index (χ4n) is 1.26. The predicted molar refractivity (Wildman–Crippen MR) is 62.3 cm³/mol. The number of hydrogen-bond donors (Lipinski definition) is 2. The second kappa shape index (κ2) is 5.04. The lowest BCUT2D eigenvalue weighted by atomic mass is 10.2. The van der Waals surface area contributed by atoms with E-state index in [0.717, 1.165) is 12.1 Å². The van der Waals surface area contributed by atoms with Crippen molar-refractivity contribution in [1.29, 1.82) is 0 Å². The third-order valence-electron chi connectivity index (χ3n) is 2.06. The van der Waals surface area contributed by atoms with Gasteiger partial charge in [-0.1, -0.05) is 5.21 Å². The Bertz CT molecular complexity index is 575. The fraction of sp³-hybridized carbons (Fsp3) is 0.125. The van der Waals surface area contributed by atoms with Gasteiger partial charge in [-0.3, -0.25) is 10.1 Å². The first-order valence-electron chi connectivity index (χ1n) is 4.67. The average molecular weight is 317 g/mol. The Balaban J connectivity index is 2.25. The van der Waals surface area contributed by atoms with Crippen molar-refractivity contribution < 1.29 is 9.31 Å². The lowest BCUT2D eigenvalue weighted by molar-refractivity contribution is -0.384. The van der Waals surface area contributed by atoms with Crippen LogP contribution in [0.15, 0.2) is 16.6 Å². The highest BCUT2D eigenvalue weighted by molar-refractivity contribution is 9.10. The molecular weight excluding hydrogens is 311 g/mol. The number of halogens is 2. The molecule has 0 spiro atoms. The van der Waals surface area contributed by atoms with Gasteiger partial charge in [0.2, 0.25) is 0 Å². The predicted octanol–water partition coefficient (Wildman–Crippen LogP) is 1.62. The van der Waals surface area contributed by atoms with Gasteiger partial charge in [-0.05, 0) is 15.9 Å². The second-order valence-electron chi connectivity index (χ2n) is 3.22. The van der Waals surface area contributed by atoms with E-state index in [1.54, 1.807) is 0 Å². The number of nitrogens with zero attached hydrogens (tertiary/aromatic N) is 4. The van der Waals surface area contributed by atoms with Crippen LogP contribution in [0.25, 0.3) is 0 Å². The van der Waals surface area contributed by atoms with Gasteiger partial charge in [-0.2, -0.15) is 5.21 Å². The maximum atomic E-state index is 13.3. The molecule has 2 N–H and O–H groups in total. The molecule has 10 heteroatoms. The molecule has 2 rings (SSSR count). The standard InChI is InChI=1S/C8H6BrFN6O2/c9-4-1-7(16(17)18)6(2-5(4)10)11-3-8-12-14-15-13-8/h1-2,11H,3H2,(H,12,13,14,15). The zero-order valence-corrected chi connectivity index (χ0v) is 10.3. The van der Waals surface area contributed by atoms with Crippen molar-refractivity contribution in [3.8, 4) is 0 Å². The second-order valence-corrected chi connectivity index (χ2v) is 4.08. The molecule has 0 aliphatic carbocycles. The Morgan fingerprint density at radius 2 is 2.33 bits per heavy atom. The molecule has 8 nitrogen and oxygen atoms in total. The van der Waals surface area contributed by atoms with E-state index in [9.17, 15) is 14.5 Å². The Labute approximate surface area is 108 Å². The summed E-state index contributed by atoms with van der Waals surface area (Å²) in [7, 11) is 0. The van der Waals surface area contributed by atoms with Crippen LogP contribution in [-0.2, 0) is 6.54 Å². The smallest absolute Gasteiger partial charge is 0.293 e. The molecule has 0 saturated carbocycles. The summed E-state index contributed by atoms with van der Waals surface area (Å²) in [6.07, 6.45) is 0. The van der Waals surface area contributed by atoms with Gasteiger partial charge in [-0.15, -0.1) is 10.2 Å². The lowest BCUT2D eigenvalue weighted by Gasteiger charge is -2.05. The summed E-state index contributed by atoms with van der Waals surface area (Å²) in [6.45, 7) is 0.0956. The Morgan fingerprint density at radius 1 is 1.56 bits per heavy atom. The maximum Gasteiger partial charge on any atom is 0.293 e. The van der Waals surface area contributed by atoms with Gasteiger partial charge in [0.25, 0.3) is 5.69 Å². The largest absolute Gasteiger partial charge is 0.372 e. The summed E-state index contributed by atoms with van der Waals surface area (Å²) in [6, 6.07) is 2.12. The summed E-state index contributed by atoms with van der Waals surface area (Å²) in [5.41, 5.74) is -0.197. The molecule has 1 aromatic carbocycles. The maximum absolute atomic E-state index is 13.3. The first-order chi connectivity index (χ1) is 8.58. The third kappa shape index (κ3) is 2.59.